The fraction of sp³-hybridized carbons (Fsp3) is 0.333. The number of hydrogen-bond acceptors (Lipinski definition) is 3. The van der Waals surface area contributed by atoms with Crippen molar-refractivity contribution < 1.29 is 12.8 Å². The maximum Gasteiger partial charge on any atom is 0.243 e. The van der Waals surface area contributed by atoms with Crippen LogP contribution in [0.1, 0.15) is 11.1 Å². The molecule has 0 aromatic heterocycles. The number of halogens is 2. The number of nitrogens with zero attached hydrogens (tertiary/aromatic N) is 2. The average Bonchev–Trinajstić information content (AvgIpc) is 2.58. The van der Waals surface area contributed by atoms with Crippen LogP contribution in [0.25, 0.3) is 0 Å². The van der Waals surface area contributed by atoms with Gasteiger partial charge in [-0.05, 0) is 30.7 Å². The zero-order valence-electron chi connectivity index (χ0n) is 14.0. The van der Waals surface area contributed by atoms with Crippen LogP contribution in [-0.4, -0.2) is 43.8 Å². The van der Waals surface area contributed by atoms with E-state index in [0.29, 0.717) is 26.2 Å². The second-order valence-corrected chi connectivity index (χ2v) is 8.59. The van der Waals surface area contributed by atoms with Crippen molar-refractivity contribution in [2.75, 3.05) is 26.2 Å². The lowest BCUT2D eigenvalue weighted by Gasteiger charge is -2.34. The molecule has 0 saturated carbocycles. The Balaban J connectivity index is 1.66. The molecule has 2 aromatic carbocycles. The molecule has 134 valence electrons. The highest BCUT2D eigenvalue weighted by molar-refractivity contribution is 7.89. The molecule has 0 aliphatic carbocycles. The van der Waals surface area contributed by atoms with Gasteiger partial charge in [0, 0.05) is 32.7 Å². The Labute approximate surface area is 152 Å². The predicted molar refractivity (Wildman–Crippen MR) is 96.6 cm³/mol. The van der Waals surface area contributed by atoms with Crippen LogP contribution in [0.2, 0.25) is 5.02 Å². The fourth-order valence-corrected chi connectivity index (χ4v) is 4.68. The van der Waals surface area contributed by atoms with E-state index in [-0.39, 0.29) is 9.92 Å². The Morgan fingerprint density at radius 3 is 2.44 bits per heavy atom. The molecule has 0 bridgehead atoms. The minimum Gasteiger partial charge on any atom is -0.296 e. The topological polar surface area (TPSA) is 40.6 Å². The molecule has 2 aromatic rings. The molecule has 1 aliphatic heterocycles. The summed E-state index contributed by atoms with van der Waals surface area (Å²) in [4.78, 5) is 2.27. The van der Waals surface area contributed by atoms with Gasteiger partial charge in [0.2, 0.25) is 10.0 Å². The Morgan fingerprint density at radius 2 is 1.80 bits per heavy atom. The summed E-state index contributed by atoms with van der Waals surface area (Å²) in [6.45, 7) is 4.98. The third kappa shape index (κ3) is 4.20. The fourth-order valence-electron chi connectivity index (χ4n) is 2.98. The van der Waals surface area contributed by atoms with Crippen molar-refractivity contribution in [2.45, 2.75) is 18.4 Å². The maximum absolute atomic E-state index is 13.3. The van der Waals surface area contributed by atoms with E-state index in [1.54, 1.807) is 0 Å². The van der Waals surface area contributed by atoms with Gasteiger partial charge in [-0.1, -0.05) is 41.4 Å². The van der Waals surface area contributed by atoms with E-state index < -0.39 is 15.8 Å². The lowest BCUT2D eigenvalue weighted by atomic mass is 10.1. The molecule has 1 saturated heterocycles. The normalized spacial score (nSPS) is 16.9. The number of aryl methyl sites for hydroxylation is 1. The summed E-state index contributed by atoms with van der Waals surface area (Å²) in [6, 6.07) is 11.8. The Bertz CT molecular complexity index is 865. The summed E-state index contributed by atoms with van der Waals surface area (Å²) >= 11 is 5.72. The summed E-state index contributed by atoms with van der Waals surface area (Å²) in [7, 11) is -3.65. The molecule has 0 atom stereocenters. The first-order valence-electron chi connectivity index (χ1n) is 8.09. The number of piperazine rings is 1. The molecule has 1 fully saturated rings. The lowest BCUT2D eigenvalue weighted by Crippen LogP contribution is -2.48. The van der Waals surface area contributed by atoms with E-state index in [2.05, 4.69) is 30.0 Å². The minimum absolute atomic E-state index is 0.0334. The molecule has 25 heavy (non-hydrogen) atoms. The van der Waals surface area contributed by atoms with Gasteiger partial charge in [-0.15, -0.1) is 0 Å². The van der Waals surface area contributed by atoms with Crippen LogP contribution >= 0.6 is 11.6 Å². The average molecular weight is 383 g/mol. The summed E-state index contributed by atoms with van der Waals surface area (Å²) in [6.07, 6.45) is 0. The Morgan fingerprint density at radius 1 is 1.08 bits per heavy atom. The second kappa shape index (κ2) is 7.41. The van der Waals surface area contributed by atoms with Gasteiger partial charge in [0.1, 0.15) is 5.82 Å². The van der Waals surface area contributed by atoms with Gasteiger partial charge in [-0.25, -0.2) is 12.8 Å². The Hall–Kier alpha value is -1.47. The van der Waals surface area contributed by atoms with Crippen LogP contribution in [-0.2, 0) is 16.6 Å². The van der Waals surface area contributed by atoms with Gasteiger partial charge < -0.3 is 0 Å². The van der Waals surface area contributed by atoms with E-state index in [1.165, 1.54) is 27.6 Å². The van der Waals surface area contributed by atoms with Gasteiger partial charge in [0.15, 0.2) is 0 Å². The number of hydrogen-bond donors (Lipinski definition) is 0. The second-order valence-electron chi connectivity index (χ2n) is 6.25. The molecule has 0 spiro atoms. The molecule has 0 radical (unpaired) electrons. The van der Waals surface area contributed by atoms with Gasteiger partial charge >= 0.3 is 0 Å². The van der Waals surface area contributed by atoms with E-state index in [0.717, 1.165) is 12.6 Å². The predicted octanol–water partition coefficient (Wildman–Crippen LogP) is 3.29. The Kier molecular flexibility index (Phi) is 5.43. The van der Waals surface area contributed by atoms with Crippen LogP contribution in [0.3, 0.4) is 0 Å². The molecule has 1 heterocycles. The molecular formula is C18H20ClFN2O2S. The highest BCUT2D eigenvalue weighted by atomic mass is 35.5. The number of sulfonamides is 1. The molecular weight excluding hydrogens is 363 g/mol. The van der Waals surface area contributed by atoms with Crippen molar-refractivity contribution in [3.8, 4) is 0 Å². The van der Waals surface area contributed by atoms with Crippen LogP contribution in [0.5, 0.6) is 0 Å². The first kappa shape index (κ1) is 18.3. The molecule has 0 unspecified atom stereocenters. The third-order valence-corrected chi connectivity index (χ3v) is 6.53. The first-order valence-corrected chi connectivity index (χ1v) is 9.91. The molecule has 0 N–H and O–H groups in total. The van der Waals surface area contributed by atoms with Crippen molar-refractivity contribution in [3.05, 3.63) is 64.4 Å². The molecule has 7 heteroatoms. The summed E-state index contributed by atoms with van der Waals surface area (Å²) in [5.41, 5.74) is 2.44. The lowest BCUT2D eigenvalue weighted by molar-refractivity contribution is 0.181. The van der Waals surface area contributed by atoms with Crippen molar-refractivity contribution in [1.29, 1.82) is 0 Å². The molecule has 4 nitrogen and oxygen atoms in total. The smallest absolute Gasteiger partial charge is 0.243 e. The van der Waals surface area contributed by atoms with Crippen molar-refractivity contribution in [1.82, 2.24) is 9.21 Å². The summed E-state index contributed by atoms with van der Waals surface area (Å²) < 4.78 is 40.1. The zero-order valence-corrected chi connectivity index (χ0v) is 15.5. The van der Waals surface area contributed by atoms with Gasteiger partial charge in [-0.2, -0.15) is 4.31 Å². The zero-order chi connectivity index (χ0) is 18.0. The quantitative estimate of drug-likeness (QED) is 0.814. The number of benzene rings is 2. The van der Waals surface area contributed by atoms with Crippen LogP contribution < -0.4 is 0 Å². The molecule has 3 rings (SSSR count). The third-order valence-electron chi connectivity index (χ3n) is 4.35. The van der Waals surface area contributed by atoms with Crippen LogP contribution in [0.4, 0.5) is 4.39 Å². The van der Waals surface area contributed by atoms with E-state index in [4.69, 9.17) is 11.6 Å². The standard InChI is InChI=1S/C18H20ClFN2O2S/c1-14-3-2-4-15(11-14)13-21-7-9-22(10-8-21)25(23,24)16-5-6-18(20)17(19)12-16/h2-6,11-12H,7-10,13H2,1H3. The van der Waals surface area contributed by atoms with Gasteiger partial charge in [0.25, 0.3) is 0 Å². The van der Waals surface area contributed by atoms with Crippen LogP contribution in [0.15, 0.2) is 47.4 Å². The first-order chi connectivity index (χ1) is 11.9. The molecule has 0 amide bonds. The highest BCUT2D eigenvalue weighted by Crippen LogP contribution is 2.23. The van der Waals surface area contributed by atoms with E-state index >= 15 is 0 Å². The number of rotatable bonds is 4. The van der Waals surface area contributed by atoms with Crippen LogP contribution in [0, 0.1) is 12.7 Å². The van der Waals surface area contributed by atoms with Crippen molar-refractivity contribution >= 4 is 21.6 Å². The van der Waals surface area contributed by atoms with Gasteiger partial charge in [0.05, 0.1) is 9.92 Å². The summed E-state index contributed by atoms with van der Waals surface area (Å²) in [5.74, 6) is -0.622. The maximum atomic E-state index is 13.3. The molecule has 1 aliphatic rings. The van der Waals surface area contributed by atoms with E-state index in [9.17, 15) is 12.8 Å². The van der Waals surface area contributed by atoms with E-state index in [1.807, 2.05) is 6.07 Å². The van der Waals surface area contributed by atoms with Gasteiger partial charge in [-0.3, -0.25) is 4.90 Å². The largest absolute Gasteiger partial charge is 0.296 e. The monoisotopic (exact) mass is 382 g/mol. The highest BCUT2D eigenvalue weighted by Gasteiger charge is 2.28. The van der Waals surface area contributed by atoms with Crippen molar-refractivity contribution in [2.24, 2.45) is 0 Å². The van der Waals surface area contributed by atoms with Crippen molar-refractivity contribution in [3.63, 3.8) is 0 Å². The SMILES string of the molecule is Cc1cccc(CN2CCN(S(=O)(=O)c3ccc(F)c(Cl)c3)CC2)c1. The summed E-state index contributed by atoms with van der Waals surface area (Å²) in [5, 5.41) is -0.181. The minimum atomic E-state index is -3.65.